The Kier molecular flexibility index (Phi) is 42.7. The van der Waals surface area contributed by atoms with Crippen molar-refractivity contribution in [1.82, 2.24) is 5.32 Å². The smallest absolute Gasteiger partial charge is 0.220 e. The molecule has 1 rings (SSSR count). The molecular formula is C54H107NO9. The second kappa shape index (κ2) is 44.6. The van der Waals surface area contributed by atoms with Crippen LogP contribution in [-0.4, -0.2) is 98.7 Å². The molecule has 7 N–H and O–H groups in total. The minimum absolute atomic E-state index is 0.252. The Morgan fingerprint density at radius 2 is 0.812 bits per heavy atom. The zero-order valence-electron chi connectivity index (χ0n) is 41.9. The summed E-state index contributed by atoms with van der Waals surface area (Å²) in [5, 5.41) is 65.3. The molecule has 382 valence electrons. The quantitative estimate of drug-likeness (QED) is 0.0294. The normalized spacial score (nSPS) is 20.4. The van der Waals surface area contributed by atoms with Crippen LogP contribution in [0.3, 0.4) is 0 Å². The van der Waals surface area contributed by atoms with Crippen LogP contribution in [0.4, 0.5) is 0 Å². The van der Waals surface area contributed by atoms with Gasteiger partial charge < -0.3 is 45.4 Å². The third kappa shape index (κ3) is 33.6. The number of aliphatic hydroxyl groups excluding tert-OH is 6. The van der Waals surface area contributed by atoms with Gasteiger partial charge in [-0.1, -0.05) is 258 Å². The summed E-state index contributed by atoms with van der Waals surface area (Å²) in [5.41, 5.74) is 0. The minimum Gasteiger partial charge on any atom is -0.394 e. The number of unbranched alkanes of at least 4 members (excludes halogenated alkanes) is 37. The molecule has 0 spiro atoms. The highest BCUT2D eigenvalue weighted by Crippen LogP contribution is 2.23. The van der Waals surface area contributed by atoms with Crippen molar-refractivity contribution in [2.24, 2.45) is 0 Å². The van der Waals surface area contributed by atoms with Gasteiger partial charge in [0, 0.05) is 6.42 Å². The number of hydrogen-bond donors (Lipinski definition) is 7. The SMILES string of the molecule is CCCCCCCCCCCCCCCCCCCCCCCCCCCCCCC(=O)N[C@@H](CO[C@@H]1O[C@H](CO)[C@@H](O)C(O)C1O)[C@H](O)[C@H](O)CCCCCCCCCCCCC. The van der Waals surface area contributed by atoms with Crippen molar-refractivity contribution in [3.8, 4) is 0 Å². The van der Waals surface area contributed by atoms with Crippen LogP contribution >= 0.6 is 0 Å². The monoisotopic (exact) mass is 914 g/mol. The van der Waals surface area contributed by atoms with Crippen molar-refractivity contribution in [3.63, 3.8) is 0 Å². The molecule has 8 atom stereocenters. The molecule has 1 fully saturated rings. The number of carbonyl (C=O) groups excluding carboxylic acids is 1. The number of ether oxygens (including phenoxy) is 2. The van der Waals surface area contributed by atoms with Crippen molar-refractivity contribution < 1.29 is 44.9 Å². The van der Waals surface area contributed by atoms with E-state index in [-0.39, 0.29) is 18.9 Å². The molecular weight excluding hydrogens is 807 g/mol. The standard InChI is InChI=1S/C54H107NO9/c1-3-5-7-9-11-13-15-16-17-18-19-20-21-22-23-24-25-26-27-28-29-30-31-33-35-37-39-41-43-49(58)55-46(45-63-54-53(62)52(61)51(60)48(44-56)64-54)50(59)47(57)42-40-38-36-34-32-14-12-10-8-6-4-2/h46-48,50-54,56-57,59-62H,3-45H2,1-2H3,(H,55,58)/t46-,47+,48+,50-,51+,52?,53?,54+/m0/s1. The molecule has 0 bridgehead atoms. The molecule has 0 aromatic heterocycles. The maximum Gasteiger partial charge on any atom is 0.220 e. The molecule has 10 nitrogen and oxygen atoms in total. The largest absolute Gasteiger partial charge is 0.394 e. The molecule has 1 aliphatic heterocycles. The van der Waals surface area contributed by atoms with Gasteiger partial charge in [0.2, 0.25) is 5.91 Å². The average Bonchev–Trinajstić information content (AvgIpc) is 3.29. The molecule has 0 aromatic rings. The lowest BCUT2D eigenvalue weighted by Crippen LogP contribution is -2.60. The van der Waals surface area contributed by atoms with E-state index in [1.165, 1.54) is 205 Å². The van der Waals surface area contributed by atoms with Crippen molar-refractivity contribution in [2.45, 2.75) is 326 Å². The van der Waals surface area contributed by atoms with Crippen LogP contribution in [0.2, 0.25) is 0 Å². The Morgan fingerprint density at radius 3 is 1.16 bits per heavy atom. The summed E-state index contributed by atoms with van der Waals surface area (Å²) in [6.07, 6.45) is 41.4. The Hall–Kier alpha value is -0.850. The van der Waals surface area contributed by atoms with E-state index < -0.39 is 55.6 Å². The van der Waals surface area contributed by atoms with Crippen LogP contribution in [0.25, 0.3) is 0 Å². The third-order valence-electron chi connectivity index (χ3n) is 13.8. The van der Waals surface area contributed by atoms with Crippen molar-refractivity contribution in [2.75, 3.05) is 13.2 Å². The van der Waals surface area contributed by atoms with E-state index in [0.717, 1.165) is 44.9 Å². The fraction of sp³-hybridized carbons (Fsp3) is 0.981. The lowest BCUT2D eigenvalue weighted by Gasteiger charge is -2.40. The highest BCUT2D eigenvalue weighted by atomic mass is 16.7. The van der Waals surface area contributed by atoms with Crippen LogP contribution in [0.5, 0.6) is 0 Å². The van der Waals surface area contributed by atoms with Gasteiger partial charge in [-0.2, -0.15) is 0 Å². The highest BCUT2D eigenvalue weighted by molar-refractivity contribution is 5.76. The van der Waals surface area contributed by atoms with Crippen LogP contribution in [0, 0.1) is 0 Å². The lowest BCUT2D eigenvalue weighted by atomic mass is 9.98. The summed E-state index contributed by atoms with van der Waals surface area (Å²) in [6, 6.07) is -0.985. The van der Waals surface area contributed by atoms with Gasteiger partial charge in [-0.15, -0.1) is 0 Å². The lowest BCUT2D eigenvalue weighted by molar-refractivity contribution is -0.303. The van der Waals surface area contributed by atoms with E-state index in [1.807, 2.05) is 0 Å². The Morgan fingerprint density at radius 1 is 0.484 bits per heavy atom. The highest BCUT2D eigenvalue weighted by Gasteiger charge is 2.44. The first-order chi connectivity index (χ1) is 31.3. The topological polar surface area (TPSA) is 169 Å². The number of hydrogen-bond acceptors (Lipinski definition) is 9. The van der Waals surface area contributed by atoms with E-state index in [9.17, 15) is 35.4 Å². The number of amides is 1. The number of aliphatic hydroxyl groups is 6. The zero-order valence-corrected chi connectivity index (χ0v) is 41.9. The Labute approximate surface area is 394 Å². The number of rotatable bonds is 48. The molecule has 64 heavy (non-hydrogen) atoms. The third-order valence-corrected chi connectivity index (χ3v) is 13.8. The maximum absolute atomic E-state index is 13.0. The number of nitrogens with one attached hydrogen (secondary N) is 1. The molecule has 10 heteroatoms. The maximum atomic E-state index is 13.0. The van der Waals surface area contributed by atoms with Gasteiger partial charge in [-0.25, -0.2) is 0 Å². The van der Waals surface area contributed by atoms with Gasteiger partial charge in [0.15, 0.2) is 6.29 Å². The molecule has 1 amide bonds. The van der Waals surface area contributed by atoms with Crippen molar-refractivity contribution in [1.29, 1.82) is 0 Å². The molecule has 1 aliphatic rings. The predicted molar refractivity (Wildman–Crippen MR) is 264 cm³/mol. The summed E-state index contributed by atoms with van der Waals surface area (Å²) < 4.78 is 11.2. The van der Waals surface area contributed by atoms with Crippen LogP contribution in [0.1, 0.15) is 277 Å². The van der Waals surface area contributed by atoms with Gasteiger partial charge >= 0.3 is 0 Å². The fourth-order valence-electron chi connectivity index (χ4n) is 9.32. The van der Waals surface area contributed by atoms with Crippen LogP contribution in [0.15, 0.2) is 0 Å². The van der Waals surface area contributed by atoms with Gasteiger partial charge in [-0.3, -0.25) is 4.79 Å². The van der Waals surface area contributed by atoms with Gasteiger partial charge in [-0.05, 0) is 12.8 Å². The van der Waals surface area contributed by atoms with E-state index in [1.54, 1.807) is 0 Å². The molecule has 0 radical (unpaired) electrons. The summed E-state index contributed by atoms with van der Waals surface area (Å²) in [7, 11) is 0. The van der Waals surface area contributed by atoms with Gasteiger partial charge in [0.1, 0.15) is 30.5 Å². The Balaban J connectivity index is 2.17. The summed E-state index contributed by atoms with van der Waals surface area (Å²) in [4.78, 5) is 13.0. The first-order valence-corrected chi connectivity index (χ1v) is 27.8. The van der Waals surface area contributed by atoms with Gasteiger partial charge in [0.05, 0.1) is 25.4 Å². The summed E-state index contributed by atoms with van der Waals surface area (Å²) in [6.45, 7) is 3.63. The first-order valence-electron chi connectivity index (χ1n) is 27.8. The van der Waals surface area contributed by atoms with Crippen molar-refractivity contribution in [3.05, 3.63) is 0 Å². The number of carbonyl (C=O) groups is 1. The van der Waals surface area contributed by atoms with Crippen LogP contribution in [-0.2, 0) is 14.3 Å². The summed E-state index contributed by atoms with van der Waals surface area (Å²) in [5.74, 6) is -0.252. The zero-order chi connectivity index (χ0) is 46.7. The first kappa shape index (κ1) is 61.2. The van der Waals surface area contributed by atoms with Crippen LogP contribution < -0.4 is 5.32 Å². The van der Waals surface area contributed by atoms with Crippen molar-refractivity contribution >= 4 is 5.91 Å². The van der Waals surface area contributed by atoms with E-state index in [4.69, 9.17) is 9.47 Å². The molecule has 0 aromatic carbocycles. The Bertz CT molecular complexity index is 988. The van der Waals surface area contributed by atoms with E-state index in [0.29, 0.717) is 6.42 Å². The fourth-order valence-corrected chi connectivity index (χ4v) is 9.32. The molecule has 1 saturated heterocycles. The minimum atomic E-state index is -1.60. The molecule has 0 saturated carbocycles. The van der Waals surface area contributed by atoms with E-state index >= 15 is 0 Å². The van der Waals surface area contributed by atoms with E-state index in [2.05, 4.69) is 19.2 Å². The molecule has 2 unspecified atom stereocenters. The summed E-state index contributed by atoms with van der Waals surface area (Å²) >= 11 is 0. The average molecular weight is 914 g/mol. The molecule has 0 aliphatic carbocycles. The predicted octanol–water partition coefficient (Wildman–Crippen LogP) is 12.0. The second-order valence-corrected chi connectivity index (χ2v) is 19.9. The molecule has 1 heterocycles. The second-order valence-electron chi connectivity index (χ2n) is 19.9. The van der Waals surface area contributed by atoms with Gasteiger partial charge in [0.25, 0.3) is 0 Å².